The highest BCUT2D eigenvalue weighted by molar-refractivity contribution is 7.99. The number of aliphatic hydroxyl groups is 1. The van der Waals surface area contributed by atoms with Gasteiger partial charge < -0.3 is 15.7 Å². The predicted molar refractivity (Wildman–Crippen MR) is 63.3 cm³/mol. The molecule has 0 saturated heterocycles. The Morgan fingerprint density at radius 2 is 2.36 bits per heavy atom. The summed E-state index contributed by atoms with van der Waals surface area (Å²) in [6.07, 6.45) is 1.62. The van der Waals surface area contributed by atoms with Crippen LogP contribution in [-0.2, 0) is 0 Å². The first kappa shape index (κ1) is 11.6. The topological polar surface area (TPSA) is 62.4 Å². The van der Waals surface area contributed by atoms with Crippen LogP contribution in [0.15, 0.2) is 4.90 Å². The first-order chi connectivity index (χ1) is 6.56. The van der Waals surface area contributed by atoms with E-state index in [0.717, 1.165) is 9.90 Å². The minimum atomic E-state index is -0.349. The summed E-state index contributed by atoms with van der Waals surface area (Å²) < 4.78 is 4.09. The van der Waals surface area contributed by atoms with E-state index >= 15 is 0 Å². The number of anilines is 2. The monoisotopic (exact) mass is 233 g/mol. The summed E-state index contributed by atoms with van der Waals surface area (Å²) in [7, 11) is 1.93. The normalized spacial score (nSPS) is 12.9. The maximum Gasteiger partial charge on any atom is 0.153 e. The van der Waals surface area contributed by atoms with E-state index in [1.54, 1.807) is 18.7 Å². The van der Waals surface area contributed by atoms with E-state index < -0.39 is 0 Å². The van der Waals surface area contributed by atoms with Gasteiger partial charge in [0.2, 0.25) is 0 Å². The van der Waals surface area contributed by atoms with Gasteiger partial charge in [-0.1, -0.05) is 0 Å². The molecule has 1 rings (SSSR count). The van der Waals surface area contributed by atoms with Crippen molar-refractivity contribution in [3.63, 3.8) is 0 Å². The van der Waals surface area contributed by atoms with Gasteiger partial charge in [-0.3, -0.25) is 0 Å². The van der Waals surface area contributed by atoms with Gasteiger partial charge in [0.15, 0.2) is 5.82 Å². The zero-order valence-corrected chi connectivity index (χ0v) is 10.2. The molecule has 0 saturated carbocycles. The molecule has 1 atom stereocenters. The van der Waals surface area contributed by atoms with E-state index in [0.29, 0.717) is 12.4 Å². The van der Waals surface area contributed by atoms with Crippen molar-refractivity contribution in [1.29, 1.82) is 0 Å². The van der Waals surface area contributed by atoms with E-state index in [4.69, 9.17) is 5.73 Å². The van der Waals surface area contributed by atoms with Crippen LogP contribution < -0.4 is 10.6 Å². The summed E-state index contributed by atoms with van der Waals surface area (Å²) in [6, 6.07) is 0. The lowest BCUT2D eigenvalue weighted by Gasteiger charge is -2.19. The number of nitrogens with two attached hydrogens (primary N) is 1. The lowest BCUT2D eigenvalue weighted by Crippen LogP contribution is -2.26. The SMILES string of the molecule is CSc1c(N)nsc1N(C)CC(C)O. The average Bonchev–Trinajstić information content (AvgIpc) is 2.45. The standard InChI is InChI=1S/C8H15N3OS2/c1-5(12)4-11(2)8-6(13-3)7(9)10-14-8/h5,12H,4H2,1-3H3,(H2,9,10). The third-order valence-electron chi connectivity index (χ3n) is 1.75. The largest absolute Gasteiger partial charge is 0.392 e. The Labute approximate surface area is 92.3 Å². The maximum atomic E-state index is 9.26. The van der Waals surface area contributed by atoms with Crippen molar-refractivity contribution in [2.75, 3.05) is 30.5 Å². The number of nitrogen functional groups attached to an aromatic ring is 1. The molecule has 1 heterocycles. The Morgan fingerprint density at radius 1 is 1.71 bits per heavy atom. The number of rotatable bonds is 4. The molecule has 0 aliphatic rings. The summed E-state index contributed by atoms with van der Waals surface area (Å²) in [6.45, 7) is 2.36. The van der Waals surface area contributed by atoms with Gasteiger partial charge in [-0.15, -0.1) is 11.8 Å². The molecule has 4 nitrogen and oxygen atoms in total. The first-order valence-electron chi connectivity index (χ1n) is 4.24. The van der Waals surface area contributed by atoms with Crippen LogP contribution >= 0.6 is 23.3 Å². The smallest absolute Gasteiger partial charge is 0.153 e. The van der Waals surface area contributed by atoms with E-state index in [-0.39, 0.29) is 6.10 Å². The third kappa shape index (κ3) is 2.52. The number of hydrogen-bond donors (Lipinski definition) is 2. The van der Waals surface area contributed by atoms with Crippen molar-refractivity contribution < 1.29 is 5.11 Å². The van der Waals surface area contributed by atoms with Crippen molar-refractivity contribution in [2.45, 2.75) is 17.9 Å². The van der Waals surface area contributed by atoms with Crippen LogP contribution in [0.25, 0.3) is 0 Å². The fraction of sp³-hybridized carbons (Fsp3) is 0.625. The van der Waals surface area contributed by atoms with E-state index in [1.807, 2.05) is 18.2 Å². The summed E-state index contributed by atoms with van der Waals surface area (Å²) in [4.78, 5) is 2.98. The average molecular weight is 233 g/mol. The van der Waals surface area contributed by atoms with E-state index in [1.165, 1.54) is 11.5 Å². The zero-order valence-electron chi connectivity index (χ0n) is 8.52. The molecule has 80 valence electrons. The van der Waals surface area contributed by atoms with Gasteiger partial charge >= 0.3 is 0 Å². The third-order valence-corrected chi connectivity index (χ3v) is 3.66. The lowest BCUT2D eigenvalue weighted by atomic mass is 10.4. The summed E-state index contributed by atoms with van der Waals surface area (Å²) >= 11 is 2.95. The van der Waals surface area contributed by atoms with Gasteiger partial charge in [-0.05, 0) is 24.7 Å². The first-order valence-corrected chi connectivity index (χ1v) is 6.24. The Hall–Kier alpha value is -0.460. The van der Waals surface area contributed by atoms with Crippen LogP contribution in [-0.4, -0.2) is 35.4 Å². The second-order valence-corrected chi connectivity index (χ2v) is 4.70. The van der Waals surface area contributed by atoms with Crippen LogP contribution in [0.2, 0.25) is 0 Å². The highest BCUT2D eigenvalue weighted by Crippen LogP contribution is 2.36. The van der Waals surface area contributed by atoms with Crippen molar-refractivity contribution in [3.05, 3.63) is 0 Å². The number of aliphatic hydroxyl groups excluding tert-OH is 1. The van der Waals surface area contributed by atoms with Gasteiger partial charge in [-0.25, -0.2) is 0 Å². The van der Waals surface area contributed by atoms with Crippen LogP contribution in [0.3, 0.4) is 0 Å². The second kappa shape index (κ2) is 4.86. The molecule has 0 aliphatic carbocycles. The number of likely N-dealkylation sites (N-methyl/N-ethyl adjacent to an activating group) is 1. The number of hydrogen-bond acceptors (Lipinski definition) is 6. The summed E-state index contributed by atoms with van der Waals surface area (Å²) in [5.74, 6) is 0.579. The highest BCUT2D eigenvalue weighted by atomic mass is 32.2. The van der Waals surface area contributed by atoms with Crippen molar-refractivity contribution in [2.24, 2.45) is 0 Å². The van der Waals surface area contributed by atoms with Crippen molar-refractivity contribution in [3.8, 4) is 0 Å². The Kier molecular flexibility index (Phi) is 4.03. The van der Waals surface area contributed by atoms with Crippen LogP contribution in [0.4, 0.5) is 10.8 Å². The molecule has 0 radical (unpaired) electrons. The molecule has 6 heteroatoms. The molecule has 1 unspecified atom stereocenters. The molecule has 0 spiro atoms. The predicted octanol–water partition coefficient (Wildman–Crippen LogP) is 1.26. The quantitative estimate of drug-likeness (QED) is 0.767. The minimum Gasteiger partial charge on any atom is -0.392 e. The van der Waals surface area contributed by atoms with E-state index in [2.05, 4.69) is 4.37 Å². The minimum absolute atomic E-state index is 0.349. The summed E-state index contributed by atoms with van der Waals surface area (Å²) in [5, 5.41) is 10.3. The molecular weight excluding hydrogens is 218 g/mol. The van der Waals surface area contributed by atoms with Gasteiger partial charge in [0.25, 0.3) is 0 Å². The maximum absolute atomic E-state index is 9.26. The summed E-state index contributed by atoms with van der Waals surface area (Å²) in [5.41, 5.74) is 5.71. The highest BCUT2D eigenvalue weighted by Gasteiger charge is 2.15. The van der Waals surface area contributed by atoms with Gasteiger partial charge in [-0.2, -0.15) is 4.37 Å². The Bertz CT molecular complexity index is 301. The fourth-order valence-electron chi connectivity index (χ4n) is 1.20. The van der Waals surface area contributed by atoms with Crippen LogP contribution in [0, 0.1) is 0 Å². The van der Waals surface area contributed by atoms with Crippen LogP contribution in [0.1, 0.15) is 6.92 Å². The molecule has 1 aromatic rings. The molecule has 0 aromatic carbocycles. The molecule has 0 fully saturated rings. The molecule has 14 heavy (non-hydrogen) atoms. The zero-order chi connectivity index (χ0) is 10.7. The van der Waals surface area contributed by atoms with Gasteiger partial charge in [0.05, 0.1) is 11.0 Å². The number of nitrogens with zero attached hydrogens (tertiary/aromatic N) is 2. The molecule has 0 amide bonds. The Morgan fingerprint density at radius 3 is 2.86 bits per heavy atom. The second-order valence-electron chi connectivity index (χ2n) is 3.14. The van der Waals surface area contributed by atoms with Gasteiger partial charge in [0.1, 0.15) is 5.00 Å². The van der Waals surface area contributed by atoms with Crippen LogP contribution in [0.5, 0.6) is 0 Å². The Balaban J connectivity index is 2.83. The molecule has 0 aliphatic heterocycles. The fourth-order valence-corrected chi connectivity index (χ4v) is 2.88. The lowest BCUT2D eigenvalue weighted by molar-refractivity contribution is 0.201. The molecular formula is C8H15N3OS2. The molecule has 3 N–H and O–H groups in total. The van der Waals surface area contributed by atoms with Gasteiger partial charge in [0, 0.05) is 13.6 Å². The number of aromatic nitrogens is 1. The van der Waals surface area contributed by atoms with Crippen molar-refractivity contribution >= 4 is 34.1 Å². The van der Waals surface area contributed by atoms with Crippen molar-refractivity contribution in [1.82, 2.24) is 4.37 Å². The molecule has 1 aromatic heterocycles. The number of thioether (sulfide) groups is 1. The van der Waals surface area contributed by atoms with E-state index in [9.17, 15) is 5.11 Å². The molecule has 0 bridgehead atoms.